The second-order valence-electron chi connectivity index (χ2n) is 9.57. The van der Waals surface area contributed by atoms with Gasteiger partial charge < -0.3 is 29.2 Å². The number of rotatable bonds is 14. The van der Waals surface area contributed by atoms with Crippen LogP contribution in [0, 0.1) is 0 Å². The quantitative estimate of drug-likeness (QED) is 0.130. The third kappa shape index (κ3) is 9.38. The molecule has 0 bridgehead atoms. The first-order valence-electron chi connectivity index (χ1n) is 13.8. The minimum Gasteiger partial charge on any atom is -0.445 e. The van der Waals surface area contributed by atoms with Crippen LogP contribution in [0.5, 0.6) is 0 Å². The highest BCUT2D eigenvalue weighted by molar-refractivity contribution is 7.67. The molecule has 0 aliphatic carbocycles. The number of carbonyl (C=O) groups is 2. The van der Waals surface area contributed by atoms with Gasteiger partial charge in [0.15, 0.2) is 11.6 Å². The summed E-state index contributed by atoms with van der Waals surface area (Å²) < 4.78 is 56.3. The number of benzene rings is 4. The largest absolute Gasteiger partial charge is 0.445 e. The predicted molar refractivity (Wildman–Crippen MR) is 168 cm³/mol. The van der Waals surface area contributed by atoms with E-state index in [9.17, 15) is 18.7 Å². The van der Waals surface area contributed by atoms with Crippen LogP contribution < -0.4 is 10.6 Å². The summed E-state index contributed by atoms with van der Waals surface area (Å²) in [6, 6.07) is 34.4. The topological polar surface area (TPSA) is 138 Å². The van der Waals surface area contributed by atoms with Gasteiger partial charge >= 0.3 is 27.4 Å². The Balaban J connectivity index is 1.61. The standard InChI is InChI=1S/C32H34N2O9P2/c1-39-44(37,29(27-19-11-5-12-20-27)33-31(35)41-23-25-15-7-3-8-16-25)43-45(38,40-2)30(28-21-13-6-14-22-28)34-32(36)42-24-26-17-9-4-10-18-26/h3-22,29-30H,23-24H2,1-2H3,(H,33,35)(H,34,36). The fourth-order valence-electron chi connectivity index (χ4n) is 4.24. The van der Waals surface area contributed by atoms with E-state index >= 15 is 0 Å². The zero-order chi connectivity index (χ0) is 32.1. The third-order valence-corrected chi connectivity index (χ3v) is 11.5. The van der Waals surface area contributed by atoms with Crippen molar-refractivity contribution < 1.29 is 41.6 Å². The number of carbonyl (C=O) groups excluding carboxylic acids is 2. The maximum atomic E-state index is 14.5. The summed E-state index contributed by atoms with van der Waals surface area (Å²) in [5.41, 5.74) is 2.09. The number of amides is 2. The molecule has 0 radical (unpaired) electrons. The predicted octanol–water partition coefficient (Wildman–Crippen LogP) is 7.93. The molecule has 0 spiro atoms. The molecule has 4 rings (SSSR count). The summed E-state index contributed by atoms with van der Waals surface area (Å²) in [5.74, 6) is -2.95. The summed E-state index contributed by atoms with van der Waals surface area (Å²) >= 11 is 0. The monoisotopic (exact) mass is 652 g/mol. The van der Waals surface area contributed by atoms with E-state index in [1.165, 1.54) is 0 Å². The molecule has 4 atom stereocenters. The molecule has 4 aromatic carbocycles. The lowest BCUT2D eigenvalue weighted by Gasteiger charge is -2.32. The van der Waals surface area contributed by atoms with Gasteiger partial charge in [-0.1, -0.05) is 121 Å². The van der Waals surface area contributed by atoms with Crippen molar-refractivity contribution in [1.29, 1.82) is 0 Å². The van der Waals surface area contributed by atoms with Crippen molar-refractivity contribution in [3.63, 3.8) is 0 Å². The van der Waals surface area contributed by atoms with Gasteiger partial charge in [0.1, 0.15) is 13.2 Å². The summed E-state index contributed by atoms with van der Waals surface area (Å²) in [5, 5.41) is 5.07. The highest BCUT2D eigenvalue weighted by Crippen LogP contribution is 2.74. The van der Waals surface area contributed by atoms with E-state index < -0.39 is 38.9 Å². The zero-order valence-corrected chi connectivity index (χ0v) is 26.5. The van der Waals surface area contributed by atoms with Gasteiger partial charge in [-0.05, 0) is 22.3 Å². The van der Waals surface area contributed by atoms with E-state index in [-0.39, 0.29) is 13.2 Å². The molecule has 2 amide bonds. The highest BCUT2D eigenvalue weighted by atomic mass is 31.3. The zero-order valence-electron chi connectivity index (χ0n) is 24.7. The first-order chi connectivity index (χ1) is 21.8. The van der Waals surface area contributed by atoms with Gasteiger partial charge in [0.2, 0.25) is 0 Å². The summed E-state index contributed by atoms with van der Waals surface area (Å²) in [4.78, 5) is 25.9. The molecule has 0 saturated heterocycles. The molecule has 0 aromatic heterocycles. The summed E-state index contributed by atoms with van der Waals surface area (Å²) in [6.45, 7) is -0.123. The minimum atomic E-state index is -4.59. The van der Waals surface area contributed by atoms with E-state index in [4.69, 9.17) is 22.8 Å². The number of hydrogen-bond acceptors (Lipinski definition) is 9. The molecule has 4 aromatic rings. The minimum absolute atomic E-state index is 0.0615. The van der Waals surface area contributed by atoms with E-state index in [1.54, 1.807) is 109 Å². The number of ether oxygens (including phenoxy) is 2. The first-order valence-corrected chi connectivity index (χ1v) is 17.1. The fraction of sp³-hybridized carbons (Fsp3) is 0.188. The number of nitrogens with one attached hydrogen (secondary N) is 2. The van der Waals surface area contributed by atoms with E-state index in [2.05, 4.69) is 10.6 Å². The van der Waals surface area contributed by atoms with Crippen LogP contribution in [0.1, 0.15) is 33.8 Å². The molecular formula is C32H34N2O9P2. The SMILES string of the molecule is COP(=O)(OP(=O)(OC)C(NC(=O)OCc1ccccc1)c1ccccc1)C(NC(=O)OCc1ccccc1)c1ccccc1. The van der Waals surface area contributed by atoms with Crippen molar-refractivity contribution in [2.75, 3.05) is 14.2 Å². The number of hydrogen-bond donors (Lipinski definition) is 2. The first kappa shape index (κ1) is 33.6. The maximum absolute atomic E-state index is 14.5. The Hall–Kier alpha value is -4.24. The Morgan fingerprint density at radius 1 is 0.556 bits per heavy atom. The molecule has 236 valence electrons. The van der Waals surface area contributed by atoms with Crippen LogP contribution >= 0.6 is 15.2 Å². The van der Waals surface area contributed by atoms with Gasteiger partial charge in [0.25, 0.3) is 0 Å². The summed E-state index contributed by atoms with van der Waals surface area (Å²) in [7, 11) is -7.01. The lowest BCUT2D eigenvalue weighted by atomic mass is 10.2. The Bertz CT molecular complexity index is 1490. The Labute approximate surface area is 261 Å². The van der Waals surface area contributed by atoms with E-state index in [0.717, 1.165) is 25.3 Å². The van der Waals surface area contributed by atoms with Crippen LogP contribution in [0.4, 0.5) is 9.59 Å². The Morgan fingerprint density at radius 3 is 1.18 bits per heavy atom. The maximum Gasteiger partial charge on any atom is 0.408 e. The normalized spacial score (nSPS) is 15.0. The van der Waals surface area contributed by atoms with Crippen LogP contribution in [0.3, 0.4) is 0 Å². The molecule has 2 N–H and O–H groups in total. The molecule has 0 aliphatic heterocycles. The fourth-order valence-corrected chi connectivity index (χ4v) is 8.82. The molecule has 0 aliphatic rings. The highest BCUT2D eigenvalue weighted by Gasteiger charge is 2.49. The average Bonchev–Trinajstić information content (AvgIpc) is 3.09. The smallest absolute Gasteiger partial charge is 0.408 e. The second kappa shape index (κ2) is 16.2. The molecule has 11 nitrogen and oxygen atoms in total. The Morgan fingerprint density at radius 2 is 0.867 bits per heavy atom. The number of alkyl carbamates (subject to hydrolysis) is 2. The van der Waals surface area contributed by atoms with Crippen LogP contribution in [-0.4, -0.2) is 26.4 Å². The van der Waals surface area contributed by atoms with Crippen LogP contribution in [-0.2, 0) is 45.2 Å². The summed E-state index contributed by atoms with van der Waals surface area (Å²) in [6.07, 6.45) is -1.86. The lowest BCUT2D eigenvalue weighted by Crippen LogP contribution is -2.32. The van der Waals surface area contributed by atoms with Gasteiger partial charge in [-0.2, -0.15) is 0 Å². The molecule has 0 heterocycles. The van der Waals surface area contributed by atoms with Gasteiger partial charge in [-0.25, -0.2) is 13.9 Å². The van der Waals surface area contributed by atoms with E-state index in [0.29, 0.717) is 11.1 Å². The third-order valence-electron chi connectivity index (χ3n) is 6.53. The van der Waals surface area contributed by atoms with E-state index in [1.807, 2.05) is 12.1 Å². The molecule has 45 heavy (non-hydrogen) atoms. The average molecular weight is 653 g/mol. The molecular weight excluding hydrogens is 618 g/mol. The Kier molecular flexibility index (Phi) is 12.1. The van der Waals surface area contributed by atoms with Crippen molar-refractivity contribution >= 4 is 27.4 Å². The molecule has 0 saturated carbocycles. The molecule has 0 fully saturated rings. The van der Waals surface area contributed by atoms with Crippen molar-refractivity contribution in [2.45, 2.75) is 24.8 Å². The van der Waals surface area contributed by atoms with Gasteiger partial charge in [-0.3, -0.25) is 9.13 Å². The van der Waals surface area contributed by atoms with Crippen molar-refractivity contribution in [1.82, 2.24) is 10.6 Å². The molecule has 13 heteroatoms. The second-order valence-corrected chi connectivity index (χ2v) is 14.1. The van der Waals surface area contributed by atoms with Crippen molar-refractivity contribution in [3.8, 4) is 0 Å². The van der Waals surface area contributed by atoms with Gasteiger partial charge in [-0.15, -0.1) is 0 Å². The van der Waals surface area contributed by atoms with Gasteiger partial charge in [0, 0.05) is 14.2 Å². The van der Waals surface area contributed by atoms with Gasteiger partial charge in [0.05, 0.1) is 0 Å². The lowest BCUT2D eigenvalue weighted by molar-refractivity contribution is 0.136. The van der Waals surface area contributed by atoms with Crippen molar-refractivity contribution in [3.05, 3.63) is 144 Å². The van der Waals surface area contributed by atoms with Crippen LogP contribution in [0.25, 0.3) is 0 Å². The molecule has 4 unspecified atom stereocenters. The van der Waals surface area contributed by atoms with Crippen LogP contribution in [0.2, 0.25) is 0 Å². The van der Waals surface area contributed by atoms with Crippen LogP contribution in [0.15, 0.2) is 121 Å². The van der Waals surface area contributed by atoms with Crippen molar-refractivity contribution in [2.24, 2.45) is 0 Å².